The fraction of sp³-hybridized carbons (Fsp3) is 0.500. The molecule has 3 rings (SSSR count). The van der Waals surface area contributed by atoms with Crippen LogP contribution in [0.3, 0.4) is 0 Å². The van der Waals surface area contributed by atoms with E-state index in [4.69, 9.17) is 9.47 Å². The summed E-state index contributed by atoms with van der Waals surface area (Å²) < 4.78 is 11.8. The van der Waals surface area contributed by atoms with Crippen molar-refractivity contribution in [2.75, 3.05) is 19.8 Å². The lowest BCUT2D eigenvalue weighted by molar-refractivity contribution is 0.0676. The third-order valence-electron chi connectivity index (χ3n) is 4.46. The monoisotopic (exact) mass is 313 g/mol. The summed E-state index contributed by atoms with van der Waals surface area (Å²) in [4.78, 5) is 0. The van der Waals surface area contributed by atoms with Crippen molar-refractivity contribution < 1.29 is 9.47 Å². The lowest BCUT2D eigenvalue weighted by Crippen LogP contribution is -2.19. The summed E-state index contributed by atoms with van der Waals surface area (Å²) in [7, 11) is 0. The molecule has 2 aromatic rings. The van der Waals surface area contributed by atoms with Crippen molar-refractivity contribution in [3.05, 3.63) is 42.0 Å². The van der Waals surface area contributed by atoms with Gasteiger partial charge in [-0.15, -0.1) is 0 Å². The van der Waals surface area contributed by atoms with E-state index in [9.17, 15) is 0 Å². The highest BCUT2D eigenvalue weighted by Gasteiger charge is 2.17. The molecule has 1 atom stereocenters. The summed E-state index contributed by atoms with van der Waals surface area (Å²) in [5.41, 5.74) is 1.26. The maximum Gasteiger partial charge on any atom is 0.124 e. The minimum atomic E-state index is 0.252. The van der Waals surface area contributed by atoms with Gasteiger partial charge in [-0.1, -0.05) is 43.7 Å². The Balaban J connectivity index is 1.76. The second-order valence-electron chi connectivity index (χ2n) is 6.24. The van der Waals surface area contributed by atoms with Crippen molar-refractivity contribution in [2.45, 2.75) is 45.3 Å². The van der Waals surface area contributed by atoms with E-state index in [1.807, 2.05) is 0 Å². The first-order valence-electron chi connectivity index (χ1n) is 8.84. The largest absolute Gasteiger partial charge is 0.491 e. The van der Waals surface area contributed by atoms with E-state index in [0.717, 1.165) is 38.3 Å². The molecule has 0 radical (unpaired) electrons. The molecule has 1 unspecified atom stereocenters. The van der Waals surface area contributed by atoms with Gasteiger partial charge in [0.25, 0.3) is 0 Å². The van der Waals surface area contributed by atoms with E-state index in [2.05, 4.69) is 48.6 Å². The third kappa shape index (κ3) is 4.24. The number of benzene rings is 2. The molecule has 1 aliphatic rings. The fourth-order valence-corrected chi connectivity index (χ4v) is 3.11. The van der Waals surface area contributed by atoms with Crippen LogP contribution >= 0.6 is 0 Å². The first-order chi connectivity index (χ1) is 11.4. The van der Waals surface area contributed by atoms with E-state index in [-0.39, 0.29) is 6.10 Å². The lowest BCUT2D eigenvalue weighted by atomic mass is 10.0. The molecular weight excluding hydrogens is 286 g/mol. The smallest absolute Gasteiger partial charge is 0.124 e. The van der Waals surface area contributed by atoms with Crippen LogP contribution in [0.5, 0.6) is 5.75 Å². The second kappa shape index (κ2) is 8.32. The minimum absolute atomic E-state index is 0.252. The molecule has 1 heterocycles. The van der Waals surface area contributed by atoms with E-state index in [1.54, 1.807) is 0 Å². The van der Waals surface area contributed by atoms with Crippen LogP contribution in [0.15, 0.2) is 36.4 Å². The summed E-state index contributed by atoms with van der Waals surface area (Å²) in [6, 6.07) is 12.8. The predicted octanol–water partition coefficient (Wildman–Crippen LogP) is 4.29. The number of ether oxygens (including phenoxy) is 2. The average molecular weight is 313 g/mol. The lowest BCUT2D eigenvalue weighted by Gasteiger charge is -2.17. The van der Waals surface area contributed by atoms with Crippen LogP contribution in [0.4, 0.5) is 0 Å². The molecule has 0 saturated carbocycles. The minimum Gasteiger partial charge on any atom is -0.491 e. The normalized spacial score (nSPS) is 17.7. The van der Waals surface area contributed by atoms with Gasteiger partial charge in [0.2, 0.25) is 0 Å². The number of hydrogen-bond donors (Lipinski definition) is 1. The Morgan fingerprint density at radius 3 is 2.96 bits per heavy atom. The van der Waals surface area contributed by atoms with E-state index in [1.165, 1.54) is 29.2 Å². The van der Waals surface area contributed by atoms with Gasteiger partial charge in [-0.05, 0) is 42.6 Å². The standard InChI is InChI=1S/C20H27NO2/c1-2-3-12-21-14-19-18-9-5-4-7-16(18)10-11-20(19)23-15-17-8-6-13-22-17/h4-5,7,9-11,17,21H,2-3,6,8,12-15H2,1H3. The topological polar surface area (TPSA) is 30.5 Å². The summed E-state index contributed by atoms with van der Waals surface area (Å²) in [6.45, 7) is 5.64. The molecule has 1 fully saturated rings. The van der Waals surface area contributed by atoms with Crippen molar-refractivity contribution in [1.82, 2.24) is 5.32 Å². The van der Waals surface area contributed by atoms with E-state index < -0.39 is 0 Å². The van der Waals surface area contributed by atoms with Crippen molar-refractivity contribution in [2.24, 2.45) is 0 Å². The summed E-state index contributed by atoms with van der Waals surface area (Å²) >= 11 is 0. The van der Waals surface area contributed by atoms with Crippen molar-refractivity contribution >= 4 is 10.8 Å². The van der Waals surface area contributed by atoms with Crippen LogP contribution in [0.2, 0.25) is 0 Å². The van der Waals surface area contributed by atoms with Crippen molar-refractivity contribution in [1.29, 1.82) is 0 Å². The van der Waals surface area contributed by atoms with E-state index >= 15 is 0 Å². The maximum absolute atomic E-state index is 6.12. The Hall–Kier alpha value is -1.58. The Morgan fingerprint density at radius 2 is 2.13 bits per heavy atom. The van der Waals surface area contributed by atoms with Gasteiger partial charge in [-0.3, -0.25) is 0 Å². The Labute approximate surface area is 139 Å². The predicted molar refractivity (Wildman–Crippen MR) is 95.0 cm³/mol. The van der Waals surface area contributed by atoms with Crippen molar-refractivity contribution in [3.8, 4) is 5.75 Å². The highest BCUT2D eigenvalue weighted by atomic mass is 16.5. The second-order valence-corrected chi connectivity index (χ2v) is 6.24. The highest BCUT2D eigenvalue weighted by Crippen LogP contribution is 2.28. The molecule has 0 aliphatic carbocycles. The molecule has 3 heteroatoms. The number of rotatable bonds is 8. The van der Waals surface area contributed by atoms with Crippen LogP contribution in [-0.2, 0) is 11.3 Å². The maximum atomic E-state index is 6.12. The van der Waals surface area contributed by atoms with Gasteiger partial charge < -0.3 is 14.8 Å². The molecule has 1 saturated heterocycles. The fourth-order valence-electron chi connectivity index (χ4n) is 3.11. The van der Waals surface area contributed by atoms with Crippen LogP contribution in [-0.4, -0.2) is 25.9 Å². The van der Waals surface area contributed by atoms with Gasteiger partial charge in [0.05, 0.1) is 6.10 Å². The van der Waals surface area contributed by atoms with Crippen LogP contribution < -0.4 is 10.1 Å². The number of unbranched alkanes of at least 4 members (excludes halogenated alkanes) is 1. The molecule has 124 valence electrons. The third-order valence-corrected chi connectivity index (χ3v) is 4.46. The Kier molecular flexibility index (Phi) is 5.89. The first kappa shape index (κ1) is 16.3. The van der Waals surface area contributed by atoms with E-state index in [0.29, 0.717) is 6.61 Å². The van der Waals surface area contributed by atoms with Crippen LogP contribution in [0, 0.1) is 0 Å². The first-order valence-corrected chi connectivity index (χ1v) is 8.84. The molecule has 1 N–H and O–H groups in total. The SMILES string of the molecule is CCCCNCc1c(OCC2CCCO2)ccc2ccccc12. The van der Waals surface area contributed by atoms with Crippen LogP contribution in [0.25, 0.3) is 10.8 Å². The zero-order chi connectivity index (χ0) is 15.9. The molecule has 0 amide bonds. The number of fused-ring (bicyclic) bond motifs is 1. The Bertz CT molecular complexity index is 620. The summed E-state index contributed by atoms with van der Waals surface area (Å²) in [5.74, 6) is 0.989. The Morgan fingerprint density at radius 1 is 1.22 bits per heavy atom. The van der Waals surface area contributed by atoms with Gasteiger partial charge in [0.15, 0.2) is 0 Å². The molecular formula is C20H27NO2. The van der Waals surface area contributed by atoms with Gasteiger partial charge >= 0.3 is 0 Å². The molecule has 3 nitrogen and oxygen atoms in total. The van der Waals surface area contributed by atoms with Gasteiger partial charge in [-0.2, -0.15) is 0 Å². The summed E-state index contributed by atoms with van der Waals surface area (Å²) in [5, 5.41) is 6.10. The van der Waals surface area contributed by atoms with Gasteiger partial charge in [-0.25, -0.2) is 0 Å². The highest BCUT2D eigenvalue weighted by molar-refractivity contribution is 5.87. The molecule has 0 spiro atoms. The molecule has 2 aromatic carbocycles. The average Bonchev–Trinajstić information content (AvgIpc) is 3.11. The zero-order valence-electron chi connectivity index (χ0n) is 14.0. The molecule has 23 heavy (non-hydrogen) atoms. The molecule has 1 aliphatic heterocycles. The van der Waals surface area contributed by atoms with Crippen LogP contribution in [0.1, 0.15) is 38.2 Å². The zero-order valence-corrected chi connectivity index (χ0v) is 14.0. The molecule has 0 aromatic heterocycles. The van der Waals surface area contributed by atoms with Crippen molar-refractivity contribution in [3.63, 3.8) is 0 Å². The number of nitrogens with one attached hydrogen (secondary N) is 1. The number of hydrogen-bond acceptors (Lipinski definition) is 3. The van der Waals surface area contributed by atoms with Gasteiger partial charge in [0, 0.05) is 18.7 Å². The summed E-state index contributed by atoms with van der Waals surface area (Å²) in [6.07, 6.45) is 4.93. The quantitative estimate of drug-likeness (QED) is 0.738. The molecule has 0 bridgehead atoms. The van der Waals surface area contributed by atoms with Gasteiger partial charge in [0.1, 0.15) is 12.4 Å².